The molecule has 0 fully saturated rings. The van der Waals surface area contributed by atoms with E-state index in [1.165, 1.54) is 28.1 Å². The third-order valence-corrected chi connectivity index (χ3v) is 4.47. The van der Waals surface area contributed by atoms with Gasteiger partial charge in [-0.1, -0.05) is 91.0 Å². The zero-order valence-corrected chi connectivity index (χ0v) is 16.3. The third-order valence-electron chi connectivity index (χ3n) is 4.47. The molecule has 3 heteroatoms. The Bertz CT molecular complexity index is 961. The first-order valence-electron chi connectivity index (χ1n) is 8.56. The highest BCUT2D eigenvalue weighted by atomic mass is 79.9. The number of hydrogen-bond acceptors (Lipinski definition) is 0. The van der Waals surface area contributed by atoms with Crippen molar-refractivity contribution < 1.29 is 21.5 Å². The second-order valence-electron chi connectivity index (χ2n) is 6.27. The average molecular weight is 405 g/mol. The maximum absolute atomic E-state index is 2.34. The van der Waals surface area contributed by atoms with E-state index in [1.807, 2.05) is 0 Å². The molecule has 2 nitrogen and oxygen atoms in total. The number of nitrogens with zero attached hydrogens (tertiary/aromatic N) is 2. The fourth-order valence-electron chi connectivity index (χ4n) is 3.36. The molecule has 0 aliphatic carbocycles. The fraction of sp³-hybridized carbons (Fsp3) is 0.0870. The van der Waals surface area contributed by atoms with Gasteiger partial charge in [0.1, 0.15) is 6.54 Å². The zero-order chi connectivity index (χ0) is 17.1. The van der Waals surface area contributed by atoms with Crippen LogP contribution in [0.25, 0.3) is 22.5 Å². The minimum absolute atomic E-state index is 0. The van der Waals surface area contributed by atoms with Gasteiger partial charge in [-0.2, -0.15) is 0 Å². The number of aromatic nitrogens is 2. The maximum Gasteiger partial charge on any atom is 0.244 e. The van der Waals surface area contributed by atoms with Crippen molar-refractivity contribution in [1.29, 1.82) is 0 Å². The van der Waals surface area contributed by atoms with Gasteiger partial charge < -0.3 is 17.0 Å². The van der Waals surface area contributed by atoms with Crippen LogP contribution in [-0.2, 0) is 13.6 Å². The fourth-order valence-corrected chi connectivity index (χ4v) is 3.36. The van der Waals surface area contributed by atoms with Crippen molar-refractivity contribution in [2.24, 2.45) is 7.05 Å². The van der Waals surface area contributed by atoms with Crippen LogP contribution in [0, 0.1) is 0 Å². The van der Waals surface area contributed by atoms with Gasteiger partial charge in [-0.05, 0) is 5.56 Å². The van der Waals surface area contributed by atoms with Crippen LogP contribution in [0.2, 0.25) is 0 Å². The molecule has 4 aromatic rings. The lowest BCUT2D eigenvalue weighted by atomic mass is 10.0. The number of benzene rings is 3. The van der Waals surface area contributed by atoms with Crippen molar-refractivity contribution in [3.8, 4) is 22.5 Å². The SMILES string of the molecule is C[n+]1cn(Cc2ccccc2)c(-c2ccccc2)c1-c1ccccc1.[Br-]. The molecule has 0 spiro atoms. The van der Waals surface area contributed by atoms with E-state index in [2.05, 4.69) is 114 Å². The van der Waals surface area contributed by atoms with Gasteiger partial charge in [0.25, 0.3) is 0 Å². The molecule has 1 aromatic heterocycles. The second-order valence-corrected chi connectivity index (χ2v) is 6.27. The highest BCUT2D eigenvalue weighted by Gasteiger charge is 2.24. The van der Waals surface area contributed by atoms with Crippen molar-refractivity contribution in [2.45, 2.75) is 6.54 Å². The number of rotatable bonds is 4. The molecule has 4 rings (SSSR count). The molecule has 0 atom stereocenters. The van der Waals surface area contributed by atoms with Crippen LogP contribution in [0.3, 0.4) is 0 Å². The minimum Gasteiger partial charge on any atom is -1.00 e. The predicted octanol–water partition coefficient (Wildman–Crippen LogP) is 1.70. The monoisotopic (exact) mass is 404 g/mol. The second kappa shape index (κ2) is 8.15. The molecule has 0 N–H and O–H groups in total. The molecule has 0 aliphatic heterocycles. The van der Waals surface area contributed by atoms with Crippen molar-refractivity contribution in [3.63, 3.8) is 0 Å². The van der Waals surface area contributed by atoms with Gasteiger partial charge in [0.2, 0.25) is 6.33 Å². The molecule has 3 aromatic carbocycles. The van der Waals surface area contributed by atoms with Crippen molar-refractivity contribution in [3.05, 3.63) is 103 Å². The third kappa shape index (κ3) is 3.63. The van der Waals surface area contributed by atoms with Crippen LogP contribution < -0.4 is 21.5 Å². The lowest BCUT2D eigenvalue weighted by Crippen LogP contribution is -3.00. The highest BCUT2D eigenvalue weighted by molar-refractivity contribution is 5.76. The molecular formula is C23H21BrN2. The topological polar surface area (TPSA) is 8.81 Å². The largest absolute Gasteiger partial charge is 1.00 e. The van der Waals surface area contributed by atoms with Gasteiger partial charge in [0, 0.05) is 11.1 Å². The summed E-state index contributed by atoms with van der Waals surface area (Å²) in [6.07, 6.45) is 2.19. The Kier molecular flexibility index (Phi) is 5.69. The summed E-state index contributed by atoms with van der Waals surface area (Å²) in [5.41, 5.74) is 6.25. The van der Waals surface area contributed by atoms with E-state index in [0.29, 0.717) is 0 Å². The van der Waals surface area contributed by atoms with Crippen molar-refractivity contribution in [1.82, 2.24) is 4.57 Å². The molecule has 26 heavy (non-hydrogen) atoms. The maximum atomic E-state index is 2.34. The molecule has 0 radical (unpaired) electrons. The molecule has 0 amide bonds. The Morgan fingerprint density at radius 2 is 1.19 bits per heavy atom. The minimum atomic E-state index is 0. The molecule has 1 heterocycles. The molecule has 130 valence electrons. The standard InChI is InChI=1S/C23H21N2.BrH/c1-24-18-25(17-19-11-5-2-6-12-19)23(21-15-9-4-10-16-21)22(24)20-13-7-3-8-14-20;/h2-16,18H,17H2,1H3;1H/q+1;/p-1. The first kappa shape index (κ1) is 18.2. The summed E-state index contributed by atoms with van der Waals surface area (Å²) in [6, 6.07) is 31.8. The summed E-state index contributed by atoms with van der Waals surface area (Å²) in [7, 11) is 2.12. The molecular weight excluding hydrogens is 384 g/mol. The van der Waals surface area contributed by atoms with Crippen LogP contribution >= 0.6 is 0 Å². The Morgan fingerprint density at radius 3 is 1.77 bits per heavy atom. The summed E-state index contributed by atoms with van der Waals surface area (Å²) < 4.78 is 4.56. The Morgan fingerprint density at radius 1 is 0.692 bits per heavy atom. The van der Waals surface area contributed by atoms with Crippen LogP contribution in [0.4, 0.5) is 0 Å². The predicted molar refractivity (Wildman–Crippen MR) is 102 cm³/mol. The number of aryl methyl sites for hydroxylation is 1. The van der Waals surface area contributed by atoms with E-state index in [9.17, 15) is 0 Å². The van der Waals surface area contributed by atoms with E-state index in [4.69, 9.17) is 0 Å². The van der Waals surface area contributed by atoms with Crippen LogP contribution in [-0.4, -0.2) is 4.57 Å². The van der Waals surface area contributed by atoms with Crippen molar-refractivity contribution in [2.75, 3.05) is 0 Å². The summed E-state index contributed by atoms with van der Waals surface area (Å²) >= 11 is 0. The average Bonchev–Trinajstić information content (AvgIpc) is 2.99. The molecule has 0 unspecified atom stereocenters. The summed E-state index contributed by atoms with van der Waals surface area (Å²) in [5.74, 6) is 0. The summed E-state index contributed by atoms with van der Waals surface area (Å²) in [6.45, 7) is 0.853. The van der Waals surface area contributed by atoms with Crippen LogP contribution in [0.5, 0.6) is 0 Å². The van der Waals surface area contributed by atoms with Gasteiger partial charge in [-0.3, -0.25) is 0 Å². The van der Waals surface area contributed by atoms with E-state index < -0.39 is 0 Å². The first-order valence-corrected chi connectivity index (χ1v) is 8.56. The Hall–Kier alpha value is -2.65. The van der Waals surface area contributed by atoms with Gasteiger partial charge in [0.05, 0.1) is 7.05 Å². The van der Waals surface area contributed by atoms with E-state index >= 15 is 0 Å². The summed E-state index contributed by atoms with van der Waals surface area (Å²) in [5, 5.41) is 0. The van der Waals surface area contributed by atoms with Gasteiger partial charge in [-0.15, -0.1) is 0 Å². The highest BCUT2D eigenvalue weighted by Crippen LogP contribution is 2.30. The van der Waals surface area contributed by atoms with Crippen molar-refractivity contribution >= 4 is 0 Å². The van der Waals surface area contributed by atoms with Crippen LogP contribution in [0.1, 0.15) is 5.56 Å². The molecule has 0 saturated heterocycles. The molecule has 0 aliphatic rings. The summed E-state index contributed by atoms with van der Waals surface area (Å²) in [4.78, 5) is 0. The Labute approximate surface area is 165 Å². The van der Waals surface area contributed by atoms with E-state index in [0.717, 1.165) is 6.54 Å². The van der Waals surface area contributed by atoms with Crippen LogP contribution in [0.15, 0.2) is 97.3 Å². The lowest BCUT2D eigenvalue weighted by Gasteiger charge is -2.05. The smallest absolute Gasteiger partial charge is 0.244 e. The zero-order valence-electron chi connectivity index (χ0n) is 14.7. The Balaban J connectivity index is 0.00000196. The first-order chi connectivity index (χ1) is 12.3. The quantitative estimate of drug-likeness (QED) is 0.457. The molecule has 0 bridgehead atoms. The van der Waals surface area contributed by atoms with Gasteiger partial charge in [-0.25, -0.2) is 9.13 Å². The number of halogens is 1. The molecule has 0 saturated carbocycles. The number of hydrogen-bond donors (Lipinski definition) is 0. The number of imidazole rings is 1. The van der Waals surface area contributed by atoms with Gasteiger partial charge in [0.15, 0.2) is 11.4 Å². The van der Waals surface area contributed by atoms with E-state index in [1.54, 1.807) is 0 Å². The normalized spacial score (nSPS) is 10.3. The van der Waals surface area contributed by atoms with E-state index in [-0.39, 0.29) is 17.0 Å². The van der Waals surface area contributed by atoms with Gasteiger partial charge >= 0.3 is 0 Å². The lowest BCUT2D eigenvalue weighted by molar-refractivity contribution is -0.660.